The summed E-state index contributed by atoms with van der Waals surface area (Å²) in [6, 6.07) is 28.1. The number of para-hydroxylation sites is 2. The molecular weight excluding hydrogens is 1470 g/mol. The number of amides is 4. The number of nitrogens with one attached hydrogen (secondary N) is 4. The molecule has 0 spiro atoms. The van der Waals surface area contributed by atoms with E-state index in [-0.39, 0.29) is 113 Å². The van der Waals surface area contributed by atoms with Crippen LogP contribution < -0.4 is 30.9 Å². The van der Waals surface area contributed by atoms with Gasteiger partial charge in [-0.05, 0) is 162 Å². The predicted octanol–water partition coefficient (Wildman–Crippen LogP) is 12.5. The number of aliphatic carboxylic acids is 3. The molecular formula is C85H117N7O18S2+2. The number of ketones is 2. The maximum atomic E-state index is 14.7. The van der Waals surface area contributed by atoms with E-state index in [2.05, 4.69) is 128 Å². The SMILES string of the molecule is CC1(C)C(=CC=C2CCCC(C=CC3=[N+](CCCCS(=O)(=O)O)c4ccccc4C3(C)C)=C2Oc2ccc(C[C@H](NC(=O)[C@H](CCCC[N+](C)(C)C)CC(=O)[C@H](Cc3ccccc3)NC(=O)CCCCCCCCC(=O)CC[C@H](NC(=O)NCCCC(=O)O)C(=O)O)C(=O)O)cc2)N(CCCCS(=O)(=O)O)c2ccccc21. The van der Waals surface area contributed by atoms with Crippen molar-refractivity contribution in [3.8, 4) is 5.75 Å². The van der Waals surface area contributed by atoms with Gasteiger partial charge in [-0.2, -0.15) is 21.4 Å². The maximum absolute atomic E-state index is 14.7. The van der Waals surface area contributed by atoms with Gasteiger partial charge in [0.05, 0.1) is 50.7 Å². The van der Waals surface area contributed by atoms with Crippen LogP contribution in [-0.4, -0.2) is 180 Å². The van der Waals surface area contributed by atoms with Crippen molar-refractivity contribution in [2.45, 2.75) is 217 Å². The Bertz CT molecular complexity index is 4330. The largest absolute Gasteiger partial charge is 0.481 e. The van der Waals surface area contributed by atoms with Crippen molar-refractivity contribution in [3.05, 3.63) is 172 Å². The first-order valence-corrected chi connectivity index (χ1v) is 42.5. The average molecular weight is 1590 g/mol. The number of hydrogen-bond acceptors (Lipinski definition) is 14. The van der Waals surface area contributed by atoms with Crippen LogP contribution in [0.3, 0.4) is 0 Å². The zero-order valence-electron chi connectivity index (χ0n) is 66.1. The summed E-state index contributed by atoms with van der Waals surface area (Å²) in [5.41, 5.74) is 8.44. The number of carboxylic acids is 3. The molecule has 0 fully saturated rings. The lowest BCUT2D eigenvalue weighted by atomic mass is 9.81. The summed E-state index contributed by atoms with van der Waals surface area (Å²) in [5, 5.41) is 39.7. The van der Waals surface area contributed by atoms with E-state index in [9.17, 15) is 74.5 Å². The van der Waals surface area contributed by atoms with Crippen LogP contribution in [0.5, 0.6) is 5.75 Å². The number of Topliss-reactive ketones (excluding diaryl/α,β-unsaturated/α-hetero) is 2. The van der Waals surface area contributed by atoms with Crippen molar-refractivity contribution in [1.29, 1.82) is 0 Å². The molecule has 7 rings (SSSR count). The molecule has 0 unspecified atom stereocenters. The second kappa shape index (κ2) is 42.6. The molecule has 4 aromatic carbocycles. The first-order valence-electron chi connectivity index (χ1n) is 39.3. The normalized spacial score (nSPS) is 16.5. The number of ether oxygens (including phenoxy) is 1. The molecule has 3 aliphatic rings. The minimum absolute atomic E-state index is 0.0447. The number of anilines is 1. The van der Waals surface area contributed by atoms with Crippen LogP contribution in [0, 0.1) is 5.92 Å². The first kappa shape index (κ1) is 90.0. The highest BCUT2D eigenvalue weighted by molar-refractivity contribution is 7.86. The standard InChI is InChI=1S/C85H115N7O18S2/c1-84(2)67-35-17-19-37-72(67)90(52-22-25-55-111(104,105)106)75(84)49-43-62-32-27-33-63(44-50-76-85(3,4)68-36-18-20-38-73(68)91(76)53-23-26-56-112(107,108)109)79(62)110-66-46-41-61(42-47-66)58-71(82(101)102)88-80(98)64(31-21-24-54-92(5,6)7)59-74(94)70(57-60-29-13-12-14-30-60)87-77(95)39-16-11-9-8-10-15-34-65(93)45-48-69(81(99)100)89-83(103)86-51-28-40-78(96)97/h12-14,17-20,29-30,35-38,41-44,46-47,49-50,64,69-71H,8-11,15-16,21-28,31-34,39-40,45,48,51-59H2,1-7H3,(H7-2,86,87,88,89,95,96,97,98,99,100,101,102,103,104,105,106,107,108,109)/p+2/t64-,69+,70+,71+/m1/s1. The molecule has 27 heteroatoms. The van der Waals surface area contributed by atoms with Gasteiger partial charge in [-0.15, -0.1) is 0 Å². The molecule has 2 aliphatic heterocycles. The maximum Gasteiger partial charge on any atom is 0.326 e. The van der Waals surface area contributed by atoms with Crippen molar-refractivity contribution in [2.24, 2.45) is 5.92 Å². The second-order valence-electron chi connectivity index (χ2n) is 31.8. The fraction of sp³-hybridized carbons (Fsp3) is 0.518. The zero-order chi connectivity index (χ0) is 81.8. The lowest BCUT2D eigenvalue weighted by Gasteiger charge is -2.27. The Balaban J connectivity index is 1.06. The number of nitrogens with zero attached hydrogens (tertiary/aromatic N) is 3. The number of quaternary nitrogens is 1. The van der Waals surface area contributed by atoms with Gasteiger partial charge in [-0.25, -0.2) is 14.4 Å². The number of urea groups is 1. The van der Waals surface area contributed by atoms with Gasteiger partial charge in [0.1, 0.15) is 35.9 Å². The molecule has 4 aromatic rings. The molecule has 0 radical (unpaired) electrons. The number of carbonyl (C=O) groups excluding carboxylic acids is 5. The lowest BCUT2D eigenvalue weighted by Crippen LogP contribution is -2.47. The van der Waals surface area contributed by atoms with Crippen LogP contribution in [0.2, 0.25) is 0 Å². The van der Waals surface area contributed by atoms with Crippen molar-refractivity contribution in [2.75, 3.05) is 63.7 Å². The number of allylic oxidation sites excluding steroid dienone is 7. The molecule has 610 valence electrons. The molecule has 112 heavy (non-hydrogen) atoms. The van der Waals surface area contributed by atoms with Crippen LogP contribution in [0.4, 0.5) is 16.2 Å². The summed E-state index contributed by atoms with van der Waals surface area (Å²) in [6.07, 6.45) is 17.7. The molecule has 2 heterocycles. The van der Waals surface area contributed by atoms with Gasteiger partial charge in [-0.3, -0.25) is 33.1 Å². The van der Waals surface area contributed by atoms with Crippen LogP contribution >= 0.6 is 0 Å². The summed E-state index contributed by atoms with van der Waals surface area (Å²) < 4.78 is 76.1. The van der Waals surface area contributed by atoms with Crippen molar-refractivity contribution < 1.29 is 93.4 Å². The number of hydrogen-bond donors (Lipinski definition) is 9. The highest BCUT2D eigenvalue weighted by atomic mass is 32.2. The summed E-state index contributed by atoms with van der Waals surface area (Å²) in [5.74, 6) is -5.58. The van der Waals surface area contributed by atoms with E-state index < -0.39 is 85.0 Å². The quantitative estimate of drug-likeness (QED) is 0.00858. The summed E-state index contributed by atoms with van der Waals surface area (Å²) in [7, 11) is -2.13. The van der Waals surface area contributed by atoms with Crippen LogP contribution in [0.15, 0.2) is 150 Å². The molecule has 4 amide bonds. The molecule has 9 N–H and O–H groups in total. The number of rotatable bonds is 49. The Hall–Kier alpha value is -9.15. The van der Waals surface area contributed by atoms with Crippen molar-refractivity contribution in [1.82, 2.24) is 21.3 Å². The Labute approximate surface area is 660 Å². The van der Waals surface area contributed by atoms with Gasteiger partial charge in [0.15, 0.2) is 11.5 Å². The predicted molar refractivity (Wildman–Crippen MR) is 432 cm³/mol. The number of benzene rings is 4. The van der Waals surface area contributed by atoms with E-state index in [1.54, 1.807) is 24.3 Å². The lowest BCUT2D eigenvalue weighted by molar-refractivity contribution is -0.870. The van der Waals surface area contributed by atoms with Gasteiger partial charge >= 0.3 is 23.9 Å². The summed E-state index contributed by atoms with van der Waals surface area (Å²) in [6.45, 7) is 10.4. The summed E-state index contributed by atoms with van der Waals surface area (Å²) in [4.78, 5) is 106. The third-order valence-electron chi connectivity index (χ3n) is 21.0. The Morgan fingerprint density at radius 2 is 1.21 bits per heavy atom. The third kappa shape index (κ3) is 29.1. The highest BCUT2D eigenvalue weighted by Gasteiger charge is 2.45. The van der Waals surface area contributed by atoms with E-state index in [0.717, 1.165) is 89.3 Å². The number of unbranched alkanes of at least 4 members (excludes halogenated alkanes) is 8. The fourth-order valence-electron chi connectivity index (χ4n) is 14.8. The first-order chi connectivity index (χ1) is 53.0. The van der Waals surface area contributed by atoms with Crippen molar-refractivity contribution in [3.63, 3.8) is 0 Å². The Kier molecular flexibility index (Phi) is 34.3. The minimum Gasteiger partial charge on any atom is -0.481 e. The van der Waals surface area contributed by atoms with Gasteiger partial charge in [0, 0.05) is 98.5 Å². The fourth-order valence-corrected chi connectivity index (χ4v) is 16.0. The molecule has 0 saturated carbocycles. The number of fused-ring (bicyclic) bond motifs is 2. The molecule has 4 atom stereocenters. The van der Waals surface area contributed by atoms with Crippen molar-refractivity contribution >= 4 is 84.6 Å². The van der Waals surface area contributed by atoms with Gasteiger partial charge in [0.25, 0.3) is 20.2 Å². The molecule has 0 saturated heterocycles. The topological polar surface area (TPSA) is 370 Å². The summed E-state index contributed by atoms with van der Waals surface area (Å²) >= 11 is 0. The molecule has 25 nitrogen and oxygen atoms in total. The Morgan fingerprint density at radius 1 is 0.589 bits per heavy atom. The highest BCUT2D eigenvalue weighted by Crippen LogP contribution is 2.48. The van der Waals surface area contributed by atoms with Gasteiger partial charge < -0.3 is 50.7 Å². The second-order valence-corrected chi connectivity index (χ2v) is 34.9. The Morgan fingerprint density at radius 3 is 1.87 bits per heavy atom. The smallest absolute Gasteiger partial charge is 0.326 e. The van der Waals surface area contributed by atoms with E-state index in [4.69, 9.17) is 9.84 Å². The molecule has 0 aromatic heterocycles. The number of carboxylic acid groups (broad SMARTS) is 3. The van der Waals surface area contributed by atoms with E-state index in [0.29, 0.717) is 86.0 Å². The molecule has 0 bridgehead atoms. The third-order valence-corrected chi connectivity index (χ3v) is 22.6. The average Bonchev–Trinajstić information content (AvgIpc) is 1.60. The van der Waals surface area contributed by atoms with E-state index in [1.165, 1.54) is 0 Å². The van der Waals surface area contributed by atoms with Crippen LogP contribution in [0.1, 0.15) is 198 Å². The number of carbonyl (C=O) groups is 8. The molecule has 1 aliphatic carbocycles. The zero-order valence-corrected chi connectivity index (χ0v) is 67.7. The van der Waals surface area contributed by atoms with Gasteiger partial charge in [0.2, 0.25) is 17.5 Å². The van der Waals surface area contributed by atoms with Crippen LogP contribution in [0.25, 0.3) is 0 Å². The monoisotopic (exact) mass is 1590 g/mol. The van der Waals surface area contributed by atoms with E-state index in [1.807, 2.05) is 54.6 Å². The van der Waals surface area contributed by atoms with E-state index >= 15 is 0 Å². The minimum atomic E-state index is -4.15. The van der Waals surface area contributed by atoms with Gasteiger partial charge in [-0.1, -0.05) is 124 Å². The van der Waals surface area contributed by atoms with Crippen LogP contribution in [-0.2, 0) is 77.5 Å².